The molecule has 0 aromatic heterocycles. The number of hydrogen-bond acceptors (Lipinski definition) is 3. The molecule has 0 radical (unpaired) electrons. The van der Waals surface area contributed by atoms with Crippen LogP contribution in [0.2, 0.25) is 5.02 Å². The molecule has 0 aliphatic carbocycles. The first-order chi connectivity index (χ1) is 9.92. The monoisotopic (exact) mass is 368 g/mol. The summed E-state index contributed by atoms with van der Waals surface area (Å²) < 4.78 is 6.05. The van der Waals surface area contributed by atoms with E-state index < -0.39 is 0 Å². The normalized spacial score (nSPS) is 10.3. The van der Waals surface area contributed by atoms with Crippen molar-refractivity contribution in [3.63, 3.8) is 0 Å². The van der Waals surface area contributed by atoms with E-state index >= 15 is 0 Å². The van der Waals surface area contributed by atoms with Crippen LogP contribution in [0.4, 0.5) is 11.4 Å². The summed E-state index contributed by atoms with van der Waals surface area (Å²) in [6, 6.07) is 8.52. The maximum Gasteiger partial charge on any atom is 0.257 e. The van der Waals surface area contributed by atoms with Crippen molar-refractivity contribution in [2.24, 2.45) is 0 Å². The summed E-state index contributed by atoms with van der Waals surface area (Å²) in [5.74, 6) is 0.189. The molecule has 6 heteroatoms. The van der Waals surface area contributed by atoms with E-state index in [0.29, 0.717) is 27.7 Å². The Balaban J connectivity index is 2.33. The number of ether oxygens (including phenoxy) is 1. The number of nitrogens with one attached hydrogen (secondary N) is 1. The molecule has 0 aliphatic rings. The van der Waals surface area contributed by atoms with Gasteiger partial charge in [0.2, 0.25) is 0 Å². The van der Waals surface area contributed by atoms with Crippen LogP contribution >= 0.6 is 27.5 Å². The van der Waals surface area contributed by atoms with Crippen LogP contribution < -0.4 is 15.8 Å². The van der Waals surface area contributed by atoms with Crippen LogP contribution in [-0.4, -0.2) is 13.0 Å². The standard InChI is InChI=1S/C15H14BrClN2O2/c1-8-5-13(14(21-2)7-11(8)17)19-15(20)10-4-3-9(16)6-12(10)18/h3-7H,18H2,1-2H3,(H,19,20). The summed E-state index contributed by atoms with van der Waals surface area (Å²) >= 11 is 9.35. The van der Waals surface area contributed by atoms with Gasteiger partial charge in [0.05, 0.1) is 18.4 Å². The quantitative estimate of drug-likeness (QED) is 0.795. The Morgan fingerprint density at radius 2 is 2.05 bits per heavy atom. The minimum absolute atomic E-state index is 0.306. The fourth-order valence-corrected chi connectivity index (χ4v) is 2.39. The highest BCUT2D eigenvalue weighted by atomic mass is 79.9. The first kappa shape index (κ1) is 15.7. The summed E-state index contributed by atoms with van der Waals surface area (Å²) in [6.07, 6.45) is 0. The Morgan fingerprint density at radius 1 is 1.33 bits per heavy atom. The smallest absolute Gasteiger partial charge is 0.257 e. The maximum atomic E-state index is 12.3. The molecule has 2 aromatic carbocycles. The van der Waals surface area contributed by atoms with E-state index in [1.165, 1.54) is 7.11 Å². The number of amides is 1. The highest BCUT2D eigenvalue weighted by Crippen LogP contribution is 2.31. The minimum Gasteiger partial charge on any atom is -0.495 e. The Morgan fingerprint density at radius 3 is 2.67 bits per heavy atom. The van der Waals surface area contributed by atoms with E-state index in [1.807, 2.05) is 6.92 Å². The number of rotatable bonds is 3. The van der Waals surface area contributed by atoms with Crippen LogP contribution in [0.1, 0.15) is 15.9 Å². The van der Waals surface area contributed by atoms with Gasteiger partial charge in [-0.2, -0.15) is 0 Å². The van der Waals surface area contributed by atoms with Gasteiger partial charge in [-0.3, -0.25) is 4.79 Å². The lowest BCUT2D eigenvalue weighted by Crippen LogP contribution is -2.14. The van der Waals surface area contributed by atoms with E-state index in [2.05, 4.69) is 21.2 Å². The van der Waals surface area contributed by atoms with Crippen molar-refractivity contribution in [1.29, 1.82) is 0 Å². The second-order valence-corrected chi connectivity index (χ2v) is 5.81. The number of methoxy groups -OCH3 is 1. The molecular weight excluding hydrogens is 356 g/mol. The van der Waals surface area contributed by atoms with Gasteiger partial charge in [0.1, 0.15) is 5.75 Å². The molecule has 0 saturated carbocycles. The molecule has 0 fully saturated rings. The van der Waals surface area contributed by atoms with Gasteiger partial charge in [0, 0.05) is 21.2 Å². The molecule has 0 saturated heterocycles. The first-order valence-electron chi connectivity index (χ1n) is 6.13. The van der Waals surface area contributed by atoms with Gasteiger partial charge in [-0.1, -0.05) is 27.5 Å². The summed E-state index contributed by atoms with van der Waals surface area (Å²) in [5, 5.41) is 3.37. The summed E-state index contributed by atoms with van der Waals surface area (Å²) in [7, 11) is 1.52. The number of benzene rings is 2. The van der Waals surface area contributed by atoms with Gasteiger partial charge in [-0.15, -0.1) is 0 Å². The molecule has 21 heavy (non-hydrogen) atoms. The molecule has 0 atom stereocenters. The van der Waals surface area contributed by atoms with E-state index in [0.717, 1.165) is 10.0 Å². The molecule has 0 heterocycles. The van der Waals surface area contributed by atoms with Gasteiger partial charge in [-0.05, 0) is 36.8 Å². The van der Waals surface area contributed by atoms with Gasteiger partial charge in [0.15, 0.2) is 0 Å². The number of halogens is 2. The average molecular weight is 370 g/mol. The first-order valence-corrected chi connectivity index (χ1v) is 7.30. The molecule has 110 valence electrons. The zero-order chi connectivity index (χ0) is 15.6. The fraction of sp³-hybridized carbons (Fsp3) is 0.133. The number of nitrogen functional groups attached to an aromatic ring is 1. The van der Waals surface area contributed by atoms with E-state index in [4.69, 9.17) is 22.1 Å². The van der Waals surface area contributed by atoms with E-state index in [1.54, 1.807) is 30.3 Å². The molecule has 2 aromatic rings. The average Bonchev–Trinajstić information content (AvgIpc) is 2.42. The summed E-state index contributed by atoms with van der Waals surface area (Å²) in [5.41, 5.74) is 8.04. The third-order valence-electron chi connectivity index (χ3n) is 2.99. The minimum atomic E-state index is -0.306. The molecule has 4 nitrogen and oxygen atoms in total. The van der Waals surface area contributed by atoms with Crippen molar-refractivity contribution in [3.8, 4) is 5.75 Å². The molecule has 0 spiro atoms. The molecule has 3 N–H and O–H groups in total. The van der Waals surface area contributed by atoms with Crippen molar-refractivity contribution in [2.45, 2.75) is 6.92 Å². The van der Waals surface area contributed by atoms with Crippen LogP contribution in [0.15, 0.2) is 34.8 Å². The summed E-state index contributed by atoms with van der Waals surface area (Å²) in [4.78, 5) is 12.3. The summed E-state index contributed by atoms with van der Waals surface area (Å²) in [6.45, 7) is 1.85. The van der Waals surface area contributed by atoms with Crippen molar-refractivity contribution < 1.29 is 9.53 Å². The molecular formula is C15H14BrClN2O2. The lowest BCUT2D eigenvalue weighted by atomic mass is 10.1. The lowest BCUT2D eigenvalue weighted by Gasteiger charge is -2.13. The molecule has 0 aliphatic heterocycles. The number of carbonyl (C=O) groups is 1. The van der Waals surface area contributed by atoms with E-state index in [-0.39, 0.29) is 5.91 Å². The fourth-order valence-electron chi connectivity index (χ4n) is 1.86. The predicted octanol–water partition coefficient (Wildman–Crippen LogP) is 4.25. The largest absolute Gasteiger partial charge is 0.495 e. The molecule has 0 bridgehead atoms. The van der Waals surface area contributed by atoms with Crippen LogP contribution in [0.3, 0.4) is 0 Å². The van der Waals surface area contributed by atoms with Crippen molar-refractivity contribution in [3.05, 3.63) is 51.0 Å². The third kappa shape index (κ3) is 3.49. The van der Waals surface area contributed by atoms with Crippen molar-refractivity contribution in [1.82, 2.24) is 0 Å². The third-order valence-corrected chi connectivity index (χ3v) is 3.89. The molecule has 2 rings (SSSR count). The van der Waals surface area contributed by atoms with Crippen LogP contribution in [0.5, 0.6) is 5.75 Å². The van der Waals surface area contributed by atoms with Gasteiger partial charge in [-0.25, -0.2) is 0 Å². The second kappa shape index (κ2) is 6.37. The van der Waals surface area contributed by atoms with Gasteiger partial charge >= 0.3 is 0 Å². The maximum absolute atomic E-state index is 12.3. The predicted molar refractivity (Wildman–Crippen MR) is 89.2 cm³/mol. The number of nitrogens with two attached hydrogens (primary N) is 1. The lowest BCUT2D eigenvalue weighted by molar-refractivity contribution is 0.102. The molecule has 0 unspecified atom stereocenters. The van der Waals surface area contributed by atoms with Crippen LogP contribution in [-0.2, 0) is 0 Å². The zero-order valence-corrected chi connectivity index (χ0v) is 13.9. The SMILES string of the molecule is COc1cc(Cl)c(C)cc1NC(=O)c1ccc(Br)cc1N. The number of aryl methyl sites for hydroxylation is 1. The second-order valence-electron chi connectivity index (χ2n) is 4.49. The number of anilines is 2. The highest BCUT2D eigenvalue weighted by molar-refractivity contribution is 9.10. The van der Waals surface area contributed by atoms with Crippen LogP contribution in [0.25, 0.3) is 0 Å². The van der Waals surface area contributed by atoms with Crippen molar-refractivity contribution in [2.75, 3.05) is 18.2 Å². The Bertz CT molecular complexity index is 704. The van der Waals surface area contributed by atoms with Crippen LogP contribution in [0, 0.1) is 6.92 Å². The van der Waals surface area contributed by atoms with Crippen molar-refractivity contribution >= 4 is 44.8 Å². The zero-order valence-electron chi connectivity index (χ0n) is 11.5. The Hall–Kier alpha value is -1.72. The Kier molecular flexibility index (Phi) is 4.75. The van der Waals surface area contributed by atoms with Gasteiger partial charge < -0.3 is 15.8 Å². The Labute approximate surface area is 136 Å². The number of carbonyl (C=O) groups excluding carboxylic acids is 1. The number of hydrogen-bond donors (Lipinski definition) is 2. The topological polar surface area (TPSA) is 64.3 Å². The van der Waals surface area contributed by atoms with Gasteiger partial charge in [0.25, 0.3) is 5.91 Å². The molecule has 1 amide bonds. The highest BCUT2D eigenvalue weighted by Gasteiger charge is 2.14. The van der Waals surface area contributed by atoms with E-state index in [9.17, 15) is 4.79 Å².